The Morgan fingerprint density at radius 1 is 0.800 bits per heavy atom. The molecule has 0 heterocycles. The highest BCUT2D eigenvalue weighted by atomic mass is 16.5. The zero-order valence-electron chi connectivity index (χ0n) is 11.5. The summed E-state index contributed by atoms with van der Waals surface area (Å²) in [6, 6.07) is 10.5. The van der Waals surface area contributed by atoms with Gasteiger partial charge in [-0.15, -0.1) is 0 Å². The summed E-state index contributed by atoms with van der Waals surface area (Å²) in [6.07, 6.45) is 0. The molecule has 104 valence electrons. The van der Waals surface area contributed by atoms with Gasteiger partial charge in [0.25, 0.3) is 0 Å². The summed E-state index contributed by atoms with van der Waals surface area (Å²) in [5.74, 6) is -0.730. The number of carbonyl (C=O) groups excluding carboxylic acids is 2. The lowest BCUT2D eigenvalue weighted by atomic mass is 10.0. The molecule has 0 bridgehead atoms. The van der Waals surface area contributed by atoms with Crippen LogP contribution in [0.1, 0.15) is 34.6 Å². The SMILES string of the molecule is CCOC(=O)c1ccc2ccc(C(=O)OCC)cc2c1. The molecule has 0 radical (unpaired) electrons. The van der Waals surface area contributed by atoms with Crippen LogP contribution in [0, 0.1) is 0 Å². The lowest BCUT2D eigenvalue weighted by Gasteiger charge is -2.06. The van der Waals surface area contributed by atoms with Gasteiger partial charge in [-0.3, -0.25) is 0 Å². The first-order valence-electron chi connectivity index (χ1n) is 6.53. The van der Waals surface area contributed by atoms with Crippen LogP contribution >= 0.6 is 0 Å². The monoisotopic (exact) mass is 272 g/mol. The maximum Gasteiger partial charge on any atom is 0.338 e. The number of hydrogen-bond acceptors (Lipinski definition) is 4. The van der Waals surface area contributed by atoms with Crippen molar-refractivity contribution in [3.8, 4) is 0 Å². The molecular weight excluding hydrogens is 256 g/mol. The molecule has 0 N–H and O–H groups in total. The summed E-state index contributed by atoms with van der Waals surface area (Å²) in [5, 5.41) is 1.76. The van der Waals surface area contributed by atoms with Gasteiger partial charge >= 0.3 is 11.9 Å². The second-order valence-corrected chi connectivity index (χ2v) is 4.22. The van der Waals surface area contributed by atoms with E-state index in [1.807, 2.05) is 12.1 Å². The van der Waals surface area contributed by atoms with Crippen molar-refractivity contribution in [1.82, 2.24) is 0 Å². The van der Waals surface area contributed by atoms with Crippen LogP contribution < -0.4 is 0 Å². The molecule has 0 aliphatic rings. The van der Waals surface area contributed by atoms with Gasteiger partial charge in [0.2, 0.25) is 0 Å². The standard InChI is InChI=1S/C16H16O4/c1-3-19-15(17)12-7-5-11-6-8-13(10-14(11)9-12)16(18)20-4-2/h5-10H,3-4H2,1-2H3. The molecule has 0 unspecified atom stereocenters. The van der Waals surface area contributed by atoms with E-state index in [1.54, 1.807) is 38.1 Å². The minimum Gasteiger partial charge on any atom is -0.462 e. The number of benzene rings is 2. The average Bonchev–Trinajstić information content (AvgIpc) is 2.46. The van der Waals surface area contributed by atoms with Gasteiger partial charge in [0.15, 0.2) is 0 Å². The molecular formula is C16H16O4. The predicted octanol–water partition coefficient (Wildman–Crippen LogP) is 3.19. The van der Waals surface area contributed by atoms with Crippen molar-refractivity contribution in [2.24, 2.45) is 0 Å². The second-order valence-electron chi connectivity index (χ2n) is 4.22. The number of carbonyl (C=O) groups is 2. The third-order valence-corrected chi connectivity index (χ3v) is 2.86. The van der Waals surface area contributed by atoms with Crippen LogP contribution in [0.3, 0.4) is 0 Å². The molecule has 0 fully saturated rings. The van der Waals surface area contributed by atoms with Crippen LogP contribution in [0.2, 0.25) is 0 Å². The van der Waals surface area contributed by atoms with E-state index in [0.717, 1.165) is 10.8 Å². The van der Waals surface area contributed by atoms with E-state index in [0.29, 0.717) is 24.3 Å². The van der Waals surface area contributed by atoms with Crippen LogP contribution in [0.15, 0.2) is 36.4 Å². The second kappa shape index (κ2) is 6.19. The van der Waals surface area contributed by atoms with Crippen LogP contribution in [0.4, 0.5) is 0 Å². The topological polar surface area (TPSA) is 52.6 Å². The summed E-state index contributed by atoms with van der Waals surface area (Å²) in [7, 11) is 0. The van der Waals surface area contributed by atoms with Gasteiger partial charge in [-0.2, -0.15) is 0 Å². The summed E-state index contributed by atoms with van der Waals surface area (Å²) in [4.78, 5) is 23.4. The summed E-state index contributed by atoms with van der Waals surface area (Å²) >= 11 is 0. The van der Waals surface area contributed by atoms with Crippen molar-refractivity contribution in [3.63, 3.8) is 0 Å². The predicted molar refractivity (Wildman–Crippen MR) is 75.9 cm³/mol. The van der Waals surface area contributed by atoms with Gasteiger partial charge in [0.05, 0.1) is 24.3 Å². The summed E-state index contributed by atoms with van der Waals surface area (Å²) in [6.45, 7) is 4.19. The Morgan fingerprint density at radius 2 is 1.25 bits per heavy atom. The fourth-order valence-electron chi connectivity index (χ4n) is 1.93. The Morgan fingerprint density at radius 3 is 1.65 bits per heavy atom. The van der Waals surface area contributed by atoms with Crippen LogP contribution in [-0.4, -0.2) is 25.2 Å². The quantitative estimate of drug-likeness (QED) is 0.802. The highest BCUT2D eigenvalue weighted by molar-refractivity contribution is 5.99. The zero-order valence-corrected chi connectivity index (χ0v) is 11.5. The van der Waals surface area contributed by atoms with Crippen molar-refractivity contribution in [2.45, 2.75) is 13.8 Å². The molecule has 0 atom stereocenters. The molecule has 0 spiro atoms. The number of rotatable bonds is 4. The Bertz CT molecular complexity index is 593. The highest BCUT2D eigenvalue weighted by Crippen LogP contribution is 2.19. The molecule has 0 saturated carbocycles. The molecule has 0 aliphatic carbocycles. The Hall–Kier alpha value is -2.36. The molecule has 0 amide bonds. The first kappa shape index (κ1) is 14.1. The smallest absolute Gasteiger partial charge is 0.338 e. The van der Waals surface area contributed by atoms with Crippen LogP contribution in [0.25, 0.3) is 10.8 Å². The maximum atomic E-state index is 11.7. The number of hydrogen-bond donors (Lipinski definition) is 0. The van der Waals surface area contributed by atoms with E-state index in [-0.39, 0.29) is 11.9 Å². The van der Waals surface area contributed by atoms with Crippen molar-refractivity contribution in [2.75, 3.05) is 13.2 Å². The van der Waals surface area contributed by atoms with E-state index in [4.69, 9.17) is 9.47 Å². The lowest BCUT2D eigenvalue weighted by Crippen LogP contribution is -2.05. The van der Waals surface area contributed by atoms with E-state index in [1.165, 1.54) is 0 Å². The Kier molecular flexibility index (Phi) is 4.35. The molecule has 20 heavy (non-hydrogen) atoms. The first-order chi connectivity index (χ1) is 9.65. The molecule has 0 aliphatic heterocycles. The van der Waals surface area contributed by atoms with Crippen molar-refractivity contribution in [3.05, 3.63) is 47.5 Å². The Labute approximate surface area is 117 Å². The maximum absolute atomic E-state index is 11.7. The third kappa shape index (κ3) is 2.96. The third-order valence-electron chi connectivity index (χ3n) is 2.86. The molecule has 2 aromatic rings. The van der Waals surface area contributed by atoms with Gasteiger partial charge in [-0.25, -0.2) is 9.59 Å². The van der Waals surface area contributed by atoms with E-state index >= 15 is 0 Å². The van der Waals surface area contributed by atoms with E-state index < -0.39 is 0 Å². The summed E-state index contributed by atoms with van der Waals surface area (Å²) < 4.78 is 9.93. The molecule has 0 saturated heterocycles. The van der Waals surface area contributed by atoms with Crippen molar-refractivity contribution >= 4 is 22.7 Å². The molecule has 4 nitrogen and oxygen atoms in total. The normalized spacial score (nSPS) is 10.3. The lowest BCUT2D eigenvalue weighted by molar-refractivity contribution is 0.0517. The summed E-state index contributed by atoms with van der Waals surface area (Å²) in [5.41, 5.74) is 0.945. The van der Waals surface area contributed by atoms with Gasteiger partial charge < -0.3 is 9.47 Å². The number of ether oxygens (including phenoxy) is 2. The van der Waals surface area contributed by atoms with Crippen molar-refractivity contribution in [1.29, 1.82) is 0 Å². The number of esters is 2. The zero-order chi connectivity index (χ0) is 14.5. The fraction of sp³-hybridized carbons (Fsp3) is 0.250. The van der Waals surface area contributed by atoms with Crippen LogP contribution in [0.5, 0.6) is 0 Å². The van der Waals surface area contributed by atoms with Gasteiger partial charge in [0.1, 0.15) is 0 Å². The molecule has 2 aromatic carbocycles. The van der Waals surface area contributed by atoms with Crippen LogP contribution in [-0.2, 0) is 9.47 Å². The van der Waals surface area contributed by atoms with E-state index in [2.05, 4.69) is 0 Å². The molecule has 2 rings (SSSR count). The largest absolute Gasteiger partial charge is 0.462 e. The van der Waals surface area contributed by atoms with Crippen molar-refractivity contribution < 1.29 is 19.1 Å². The average molecular weight is 272 g/mol. The van der Waals surface area contributed by atoms with Gasteiger partial charge in [0, 0.05) is 0 Å². The van der Waals surface area contributed by atoms with Gasteiger partial charge in [-0.05, 0) is 48.9 Å². The number of fused-ring (bicyclic) bond motifs is 1. The van der Waals surface area contributed by atoms with E-state index in [9.17, 15) is 9.59 Å². The fourth-order valence-corrected chi connectivity index (χ4v) is 1.93. The minimum absolute atomic E-state index is 0.333. The Balaban J connectivity index is 2.39. The molecule has 4 heteroatoms. The first-order valence-corrected chi connectivity index (χ1v) is 6.53. The minimum atomic E-state index is -0.365. The molecule has 0 aromatic heterocycles. The van der Waals surface area contributed by atoms with Gasteiger partial charge in [-0.1, -0.05) is 12.1 Å². The highest BCUT2D eigenvalue weighted by Gasteiger charge is 2.10.